The van der Waals surface area contributed by atoms with Crippen LogP contribution >= 0.6 is 0 Å². The van der Waals surface area contributed by atoms with Crippen LogP contribution in [0.25, 0.3) is 0 Å². The summed E-state index contributed by atoms with van der Waals surface area (Å²) in [6.45, 7) is 8.78. The molecule has 1 aromatic carbocycles. The van der Waals surface area contributed by atoms with E-state index in [0.29, 0.717) is 30.2 Å². The molecule has 0 spiro atoms. The second kappa shape index (κ2) is 9.08. The van der Waals surface area contributed by atoms with Crippen LogP contribution in [0.4, 0.5) is 0 Å². The molecule has 0 radical (unpaired) electrons. The summed E-state index contributed by atoms with van der Waals surface area (Å²) in [6.07, 6.45) is -0.0484. The Bertz CT molecular complexity index is 644. The Morgan fingerprint density at radius 3 is 2.04 bits per heavy atom. The Labute approximate surface area is 161 Å². The molecule has 0 saturated carbocycles. The van der Waals surface area contributed by atoms with Crippen molar-refractivity contribution in [3.63, 3.8) is 0 Å². The van der Waals surface area contributed by atoms with Crippen molar-refractivity contribution in [2.45, 2.75) is 45.9 Å². The number of nitrogens with one attached hydrogen (secondary N) is 1. The van der Waals surface area contributed by atoms with Crippen LogP contribution in [0.2, 0.25) is 0 Å². The third-order valence-electron chi connectivity index (χ3n) is 4.56. The maximum Gasteiger partial charge on any atom is 0.252 e. The largest absolute Gasteiger partial charge is 0.497 e. The fraction of sp³-hybridized carbons (Fsp3) is 0.600. The monoisotopic (exact) mass is 378 g/mol. The van der Waals surface area contributed by atoms with E-state index < -0.39 is 6.04 Å². The number of benzene rings is 1. The minimum atomic E-state index is -0.618. The Balaban J connectivity index is 2.18. The molecule has 0 aromatic heterocycles. The molecule has 1 fully saturated rings. The molecule has 2 amide bonds. The van der Waals surface area contributed by atoms with E-state index in [1.807, 2.05) is 27.7 Å². The van der Waals surface area contributed by atoms with Gasteiger partial charge >= 0.3 is 0 Å². The van der Waals surface area contributed by atoms with Gasteiger partial charge in [-0.25, -0.2) is 0 Å². The highest BCUT2D eigenvalue weighted by molar-refractivity contribution is 5.98. The summed E-state index contributed by atoms with van der Waals surface area (Å²) in [5, 5.41) is 2.88. The zero-order valence-corrected chi connectivity index (χ0v) is 16.9. The molecular weight excluding hydrogens is 348 g/mol. The van der Waals surface area contributed by atoms with Crippen LogP contribution in [0, 0.1) is 5.92 Å². The summed E-state index contributed by atoms with van der Waals surface area (Å²) in [5.74, 6) is 0.553. The predicted octanol–water partition coefficient (Wildman–Crippen LogP) is 2.09. The average Bonchev–Trinajstić information content (AvgIpc) is 2.63. The minimum Gasteiger partial charge on any atom is -0.497 e. The van der Waals surface area contributed by atoms with Crippen LogP contribution in [0.5, 0.6) is 11.5 Å². The van der Waals surface area contributed by atoms with Gasteiger partial charge in [-0.15, -0.1) is 0 Å². The summed E-state index contributed by atoms with van der Waals surface area (Å²) in [7, 11) is 3.05. The smallest absolute Gasteiger partial charge is 0.252 e. The number of morpholine rings is 1. The molecule has 1 heterocycles. The molecule has 7 nitrogen and oxygen atoms in total. The fourth-order valence-electron chi connectivity index (χ4n) is 3.23. The van der Waals surface area contributed by atoms with Crippen molar-refractivity contribution in [3.05, 3.63) is 23.8 Å². The quantitative estimate of drug-likeness (QED) is 0.820. The van der Waals surface area contributed by atoms with Crippen LogP contribution in [0.3, 0.4) is 0 Å². The average molecular weight is 378 g/mol. The van der Waals surface area contributed by atoms with Gasteiger partial charge in [0.25, 0.3) is 5.91 Å². The first-order chi connectivity index (χ1) is 12.7. The minimum absolute atomic E-state index is 0.0242. The molecule has 1 aromatic rings. The van der Waals surface area contributed by atoms with E-state index in [4.69, 9.17) is 14.2 Å². The van der Waals surface area contributed by atoms with Gasteiger partial charge in [-0.05, 0) is 31.9 Å². The highest BCUT2D eigenvalue weighted by Gasteiger charge is 2.33. The van der Waals surface area contributed by atoms with Gasteiger partial charge in [-0.1, -0.05) is 13.8 Å². The summed E-state index contributed by atoms with van der Waals surface area (Å²) >= 11 is 0. The van der Waals surface area contributed by atoms with Gasteiger partial charge in [0.1, 0.15) is 17.5 Å². The molecule has 1 aliphatic rings. The molecule has 2 rings (SSSR count). The van der Waals surface area contributed by atoms with E-state index in [0.717, 1.165) is 0 Å². The van der Waals surface area contributed by atoms with E-state index in [9.17, 15) is 9.59 Å². The number of rotatable bonds is 6. The molecule has 1 N–H and O–H groups in total. The van der Waals surface area contributed by atoms with E-state index in [1.54, 1.807) is 23.1 Å². The number of nitrogens with zero attached hydrogens (tertiary/aromatic N) is 1. The molecule has 27 heavy (non-hydrogen) atoms. The Morgan fingerprint density at radius 2 is 1.59 bits per heavy atom. The number of methoxy groups -OCH3 is 2. The third-order valence-corrected chi connectivity index (χ3v) is 4.56. The van der Waals surface area contributed by atoms with Crippen LogP contribution in [-0.2, 0) is 9.53 Å². The summed E-state index contributed by atoms with van der Waals surface area (Å²) in [4.78, 5) is 27.6. The van der Waals surface area contributed by atoms with Gasteiger partial charge in [-0.2, -0.15) is 0 Å². The topological polar surface area (TPSA) is 77.1 Å². The van der Waals surface area contributed by atoms with Gasteiger partial charge in [0, 0.05) is 24.7 Å². The summed E-state index contributed by atoms with van der Waals surface area (Å²) in [5.41, 5.74) is 0.383. The van der Waals surface area contributed by atoms with Crippen LogP contribution < -0.4 is 14.8 Å². The molecule has 7 heteroatoms. The van der Waals surface area contributed by atoms with E-state index in [-0.39, 0.29) is 29.9 Å². The summed E-state index contributed by atoms with van der Waals surface area (Å²) in [6, 6.07) is 4.32. The first kappa shape index (κ1) is 21.0. The van der Waals surface area contributed by atoms with Crippen molar-refractivity contribution in [1.29, 1.82) is 0 Å². The van der Waals surface area contributed by atoms with Crippen molar-refractivity contribution in [3.8, 4) is 11.5 Å². The van der Waals surface area contributed by atoms with Gasteiger partial charge in [-0.3, -0.25) is 9.59 Å². The second-order valence-corrected chi connectivity index (χ2v) is 7.30. The van der Waals surface area contributed by atoms with E-state index in [2.05, 4.69) is 5.32 Å². The van der Waals surface area contributed by atoms with Crippen molar-refractivity contribution < 1.29 is 23.8 Å². The third kappa shape index (κ3) is 5.35. The Kier molecular flexibility index (Phi) is 7.07. The summed E-state index contributed by atoms with van der Waals surface area (Å²) < 4.78 is 16.1. The van der Waals surface area contributed by atoms with Crippen LogP contribution in [0.1, 0.15) is 38.1 Å². The van der Waals surface area contributed by atoms with Gasteiger partial charge < -0.3 is 24.4 Å². The van der Waals surface area contributed by atoms with Crippen LogP contribution in [0.15, 0.2) is 18.2 Å². The molecule has 1 saturated heterocycles. The Hall–Kier alpha value is -2.28. The van der Waals surface area contributed by atoms with Crippen LogP contribution in [-0.4, -0.2) is 62.3 Å². The number of hydrogen-bond donors (Lipinski definition) is 1. The zero-order valence-electron chi connectivity index (χ0n) is 16.9. The van der Waals surface area contributed by atoms with Gasteiger partial charge in [0.2, 0.25) is 5.91 Å². The Morgan fingerprint density at radius 1 is 1.07 bits per heavy atom. The molecule has 150 valence electrons. The van der Waals surface area contributed by atoms with Crippen molar-refractivity contribution >= 4 is 11.8 Å². The molecule has 0 aliphatic carbocycles. The molecule has 1 aliphatic heterocycles. The first-order valence-electron chi connectivity index (χ1n) is 9.23. The highest BCUT2D eigenvalue weighted by Crippen LogP contribution is 2.23. The maximum absolute atomic E-state index is 13.1. The number of hydrogen-bond acceptors (Lipinski definition) is 5. The molecular formula is C20H30N2O5. The van der Waals surface area contributed by atoms with Crippen molar-refractivity contribution in [2.75, 3.05) is 27.3 Å². The highest BCUT2D eigenvalue weighted by atomic mass is 16.5. The predicted molar refractivity (Wildman–Crippen MR) is 102 cm³/mol. The standard InChI is InChI=1S/C20H30N2O5/c1-12(2)18(20(24)22-10-13(3)27-14(4)11-22)21-19(23)15-7-16(25-5)9-17(8-15)26-6/h7-9,12-14,18H,10-11H2,1-6H3,(H,21,23)/t13-,14-,18-/m1/s1. The number of ether oxygens (including phenoxy) is 3. The SMILES string of the molecule is COc1cc(OC)cc(C(=O)N[C@@H](C(=O)N2C[C@@H](C)O[C@H](C)C2)C(C)C)c1. The van der Waals surface area contributed by atoms with Crippen molar-refractivity contribution in [2.24, 2.45) is 5.92 Å². The molecule has 3 atom stereocenters. The maximum atomic E-state index is 13.1. The van der Waals surface area contributed by atoms with Gasteiger partial charge in [0.15, 0.2) is 0 Å². The lowest BCUT2D eigenvalue weighted by Gasteiger charge is -2.38. The lowest BCUT2D eigenvalue weighted by atomic mass is 10.0. The molecule has 0 unspecified atom stereocenters. The lowest BCUT2D eigenvalue weighted by Crippen LogP contribution is -2.56. The molecule has 0 bridgehead atoms. The normalized spacial score (nSPS) is 20.9. The van der Waals surface area contributed by atoms with E-state index in [1.165, 1.54) is 14.2 Å². The zero-order chi connectivity index (χ0) is 20.1. The van der Waals surface area contributed by atoms with E-state index >= 15 is 0 Å². The van der Waals surface area contributed by atoms with Crippen molar-refractivity contribution in [1.82, 2.24) is 10.2 Å². The number of carbonyl (C=O) groups is 2. The number of carbonyl (C=O) groups excluding carboxylic acids is 2. The lowest BCUT2D eigenvalue weighted by molar-refractivity contribution is -0.146. The fourth-order valence-corrected chi connectivity index (χ4v) is 3.23. The van der Waals surface area contributed by atoms with Gasteiger partial charge in [0.05, 0.1) is 26.4 Å². The number of amides is 2. The second-order valence-electron chi connectivity index (χ2n) is 7.30. The first-order valence-corrected chi connectivity index (χ1v) is 9.23.